The normalized spacial score (nSPS) is 15.7. The molecule has 0 amide bonds. The van der Waals surface area contributed by atoms with Crippen LogP contribution in [0.15, 0.2) is 80.2 Å². The Kier molecular flexibility index (Phi) is 5.10. The van der Waals surface area contributed by atoms with Gasteiger partial charge in [0.15, 0.2) is 17.0 Å². The molecular formula is C25H22N3O5+. The molecule has 0 spiro atoms. The zero-order valence-electron chi connectivity index (χ0n) is 18.4. The molecule has 0 fully saturated rings. The van der Waals surface area contributed by atoms with Crippen LogP contribution < -0.4 is 35.6 Å². The minimum absolute atomic E-state index is 0.229. The summed E-state index contributed by atoms with van der Waals surface area (Å²) in [5.74, 6) is 2.00. The van der Waals surface area contributed by atoms with Gasteiger partial charge in [0, 0.05) is 25.3 Å². The average Bonchev–Trinajstić information content (AvgIpc) is 3.43. The summed E-state index contributed by atoms with van der Waals surface area (Å²) < 4.78 is 20.4. The van der Waals surface area contributed by atoms with Crippen LogP contribution in [0.4, 0.5) is 5.69 Å². The Morgan fingerprint density at radius 3 is 2.58 bits per heavy atom. The van der Waals surface area contributed by atoms with E-state index in [1.54, 1.807) is 30.4 Å². The third kappa shape index (κ3) is 3.61. The number of hydrogen-bond acceptors (Lipinski definition) is 6. The average molecular weight is 444 g/mol. The highest BCUT2D eigenvalue weighted by Gasteiger charge is 2.21. The standard InChI is InChI=1S/C25H22N3O5/c1-26-17-9-4-6-11-20(17)31-22(26)13-8-14-24-28(30-3)19(25(29)33-24)15-16-23-27(2)18-10-5-7-12-21(18)32-23/h4-16H,1-3H3/q+1. The second-order valence-corrected chi connectivity index (χ2v) is 7.38. The molecule has 166 valence electrons. The number of hydrogen-bond donors (Lipinski definition) is 0. The lowest BCUT2D eigenvalue weighted by molar-refractivity contribution is -0.652. The summed E-state index contributed by atoms with van der Waals surface area (Å²) >= 11 is 0. The Bertz CT molecular complexity index is 1590. The van der Waals surface area contributed by atoms with E-state index in [2.05, 4.69) is 0 Å². The van der Waals surface area contributed by atoms with Gasteiger partial charge in [-0.1, -0.05) is 24.3 Å². The summed E-state index contributed by atoms with van der Waals surface area (Å²) in [7, 11) is 5.28. The Morgan fingerprint density at radius 2 is 1.79 bits per heavy atom. The molecule has 5 rings (SSSR count). The van der Waals surface area contributed by atoms with Gasteiger partial charge in [-0.05, 0) is 30.4 Å². The fourth-order valence-electron chi connectivity index (χ4n) is 3.71. The number of rotatable bonds is 4. The summed E-state index contributed by atoms with van der Waals surface area (Å²) in [4.78, 5) is 19.8. The predicted molar refractivity (Wildman–Crippen MR) is 124 cm³/mol. The summed E-state index contributed by atoms with van der Waals surface area (Å²) in [6.45, 7) is 0. The molecule has 8 nitrogen and oxygen atoms in total. The number of benzene rings is 2. The predicted octanol–water partition coefficient (Wildman–Crippen LogP) is 1.71. The van der Waals surface area contributed by atoms with Gasteiger partial charge in [-0.3, -0.25) is 0 Å². The van der Waals surface area contributed by atoms with Gasteiger partial charge in [0.25, 0.3) is 5.52 Å². The third-order valence-corrected chi connectivity index (χ3v) is 5.41. The van der Waals surface area contributed by atoms with Crippen molar-refractivity contribution in [2.75, 3.05) is 19.1 Å². The summed E-state index contributed by atoms with van der Waals surface area (Å²) in [6, 6.07) is 15.5. The van der Waals surface area contributed by atoms with Gasteiger partial charge >= 0.3 is 11.5 Å². The van der Waals surface area contributed by atoms with E-state index in [4.69, 9.17) is 18.4 Å². The number of ether oxygens (including phenoxy) is 1. The molecule has 2 aromatic heterocycles. The Labute approximate surface area is 188 Å². The molecule has 8 heteroatoms. The van der Waals surface area contributed by atoms with Crippen molar-refractivity contribution in [3.63, 3.8) is 0 Å². The maximum Gasteiger partial charge on any atom is 0.373 e. The molecule has 0 unspecified atom stereocenters. The minimum Gasteiger partial charge on any atom is -0.439 e. The number of anilines is 1. The van der Waals surface area contributed by atoms with E-state index in [0.29, 0.717) is 11.8 Å². The third-order valence-electron chi connectivity index (χ3n) is 5.41. The van der Waals surface area contributed by atoms with E-state index in [1.807, 2.05) is 72.1 Å². The van der Waals surface area contributed by atoms with Crippen LogP contribution in [-0.2, 0) is 7.05 Å². The molecule has 0 saturated carbocycles. The maximum atomic E-state index is 12.5. The van der Waals surface area contributed by atoms with Crippen LogP contribution in [-0.4, -0.2) is 18.9 Å². The van der Waals surface area contributed by atoms with E-state index in [0.717, 1.165) is 22.5 Å². The molecule has 0 atom stereocenters. The first-order valence-electron chi connectivity index (χ1n) is 10.3. The van der Waals surface area contributed by atoms with Crippen LogP contribution in [0, 0.1) is 0 Å². The largest absolute Gasteiger partial charge is 0.439 e. The van der Waals surface area contributed by atoms with Crippen LogP contribution in [0.1, 0.15) is 5.89 Å². The second kappa shape index (κ2) is 8.23. The number of fused-ring (bicyclic) bond motifs is 2. The number of aromatic nitrogens is 2. The summed E-state index contributed by atoms with van der Waals surface area (Å²) in [6.07, 6.45) is 8.47. The van der Waals surface area contributed by atoms with Gasteiger partial charge in [0.05, 0.1) is 11.8 Å². The number of para-hydroxylation sites is 4. The van der Waals surface area contributed by atoms with Gasteiger partial charge in [-0.2, -0.15) is 4.57 Å². The van der Waals surface area contributed by atoms with Gasteiger partial charge in [0.2, 0.25) is 11.1 Å². The first-order valence-corrected chi connectivity index (χ1v) is 10.3. The second-order valence-electron chi connectivity index (χ2n) is 7.38. The Balaban J connectivity index is 1.48. The SMILES string of the molecule is COn1c(=CC=Cc2oc3ccccc3[n+]2C)oc(=O)c1=CC=C1Oc2ccccc2N1C. The fraction of sp³-hybridized carbons (Fsp3) is 0.120. The highest BCUT2D eigenvalue weighted by Crippen LogP contribution is 2.37. The molecule has 3 heterocycles. The summed E-state index contributed by atoms with van der Waals surface area (Å²) in [5.41, 5.74) is 2.43. The molecule has 1 aliphatic heterocycles. The first-order chi connectivity index (χ1) is 16.1. The van der Waals surface area contributed by atoms with Crippen molar-refractivity contribution in [1.29, 1.82) is 0 Å². The lowest BCUT2D eigenvalue weighted by atomic mass is 10.3. The molecule has 0 saturated heterocycles. The zero-order chi connectivity index (χ0) is 22.9. The van der Waals surface area contributed by atoms with Crippen LogP contribution in [0.25, 0.3) is 29.3 Å². The van der Waals surface area contributed by atoms with E-state index in [1.165, 1.54) is 11.8 Å². The summed E-state index contributed by atoms with van der Waals surface area (Å²) in [5, 5.41) is 0.229. The monoisotopic (exact) mass is 444 g/mol. The maximum absolute atomic E-state index is 12.5. The van der Waals surface area contributed by atoms with Crippen molar-refractivity contribution >= 4 is 35.0 Å². The molecule has 0 radical (unpaired) electrons. The number of oxazole rings is 2. The van der Waals surface area contributed by atoms with E-state index in [9.17, 15) is 4.79 Å². The minimum atomic E-state index is -0.527. The van der Waals surface area contributed by atoms with Crippen molar-refractivity contribution in [3.05, 3.63) is 93.8 Å². The van der Waals surface area contributed by atoms with Crippen molar-refractivity contribution in [2.45, 2.75) is 0 Å². The Morgan fingerprint density at radius 1 is 1.00 bits per heavy atom. The van der Waals surface area contributed by atoms with Crippen LogP contribution in [0.3, 0.4) is 0 Å². The van der Waals surface area contributed by atoms with Crippen molar-refractivity contribution in [3.8, 4) is 5.75 Å². The van der Waals surface area contributed by atoms with Crippen LogP contribution >= 0.6 is 0 Å². The number of nitrogens with zero attached hydrogens (tertiary/aromatic N) is 3. The topological polar surface area (TPSA) is 73.9 Å². The lowest BCUT2D eigenvalue weighted by Gasteiger charge is -2.09. The molecule has 0 N–H and O–H groups in total. The molecular weight excluding hydrogens is 422 g/mol. The molecule has 1 aliphatic rings. The lowest BCUT2D eigenvalue weighted by Crippen LogP contribution is -2.35. The smallest absolute Gasteiger partial charge is 0.373 e. The number of allylic oxidation sites excluding steroid dienone is 2. The van der Waals surface area contributed by atoms with Crippen LogP contribution in [0.5, 0.6) is 5.75 Å². The van der Waals surface area contributed by atoms with Crippen LogP contribution in [0.2, 0.25) is 0 Å². The van der Waals surface area contributed by atoms with Crippen molar-refractivity contribution < 1.29 is 23.0 Å². The van der Waals surface area contributed by atoms with E-state index in [-0.39, 0.29) is 10.9 Å². The van der Waals surface area contributed by atoms with Crippen molar-refractivity contribution in [1.82, 2.24) is 4.73 Å². The van der Waals surface area contributed by atoms with E-state index < -0.39 is 5.63 Å². The molecule has 2 aromatic carbocycles. The number of aryl methyl sites for hydroxylation is 1. The Hall–Kier alpha value is -4.46. The molecule has 4 aromatic rings. The van der Waals surface area contributed by atoms with Crippen molar-refractivity contribution in [2.24, 2.45) is 7.05 Å². The van der Waals surface area contributed by atoms with Gasteiger partial charge in [0.1, 0.15) is 14.2 Å². The molecule has 0 bridgehead atoms. The highest BCUT2D eigenvalue weighted by molar-refractivity contribution is 5.70. The zero-order valence-corrected chi connectivity index (χ0v) is 18.4. The molecule has 0 aliphatic carbocycles. The highest BCUT2D eigenvalue weighted by atomic mass is 16.7. The molecule has 33 heavy (non-hydrogen) atoms. The van der Waals surface area contributed by atoms with Gasteiger partial charge < -0.3 is 23.3 Å². The first kappa shape index (κ1) is 20.4. The quantitative estimate of drug-likeness (QED) is 0.447. The fourth-order valence-corrected chi connectivity index (χ4v) is 3.71. The van der Waals surface area contributed by atoms with Gasteiger partial charge in [-0.25, -0.2) is 4.79 Å². The van der Waals surface area contributed by atoms with Gasteiger partial charge in [-0.15, -0.1) is 4.73 Å². The van der Waals surface area contributed by atoms with E-state index >= 15 is 0 Å².